The molecule has 4 nitrogen and oxygen atoms in total. The highest BCUT2D eigenvalue weighted by Crippen LogP contribution is 2.31. The zero-order chi connectivity index (χ0) is 14.0. The minimum absolute atomic E-state index is 0.00665. The molecular weight excluding hydrogens is 328 g/mol. The van der Waals surface area contributed by atoms with E-state index in [2.05, 4.69) is 21.2 Å². The summed E-state index contributed by atoms with van der Waals surface area (Å²) in [6, 6.07) is 3.96. The number of amides is 2. The molecule has 2 amide bonds. The molecule has 0 bridgehead atoms. The summed E-state index contributed by atoms with van der Waals surface area (Å²) in [6.45, 7) is 4.52. The molecule has 0 unspecified atom stereocenters. The average Bonchev–Trinajstić information content (AvgIpc) is 2.81. The molecule has 1 aliphatic heterocycles. The number of hydrogen-bond acceptors (Lipinski definition) is 3. The van der Waals surface area contributed by atoms with Gasteiger partial charge in [0.25, 0.3) is 0 Å². The van der Waals surface area contributed by atoms with Crippen LogP contribution in [0.5, 0.6) is 0 Å². The van der Waals surface area contributed by atoms with Gasteiger partial charge in [-0.25, -0.2) is 0 Å². The molecule has 0 aromatic carbocycles. The number of nitrogens with zero attached hydrogens (tertiary/aromatic N) is 1. The van der Waals surface area contributed by atoms with Crippen LogP contribution in [-0.2, 0) is 16.1 Å². The van der Waals surface area contributed by atoms with Crippen molar-refractivity contribution in [2.45, 2.75) is 38.8 Å². The molecule has 104 valence electrons. The molecule has 1 saturated heterocycles. The van der Waals surface area contributed by atoms with E-state index in [0.717, 1.165) is 8.66 Å². The van der Waals surface area contributed by atoms with Crippen molar-refractivity contribution in [3.05, 3.63) is 20.8 Å². The van der Waals surface area contributed by atoms with Crippen molar-refractivity contribution < 1.29 is 9.59 Å². The van der Waals surface area contributed by atoms with Crippen LogP contribution < -0.4 is 5.32 Å². The lowest BCUT2D eigenvalue weighted by Gasteiger charge is -2.44. The zero-order valence-corrected chi connectivity index (χ0v) is 13.4. The zero-order valence-electron chi connectivity index (χ0n) is 11.0. The van der Waals surface area contributed by atoms with Crippen molar-refractivity contribution in [3.8, 4) is 0 Å². The Kier molecular flexibility index (Phi) is 4.30. The standard InChI is InChI=1S/C13H17BrN2O2S/c1-3-13(4-2)12(18)15-7-11(17)16(13)8-9-5-6-10(14)19-9/h5-6H,3-4,7-8H2,1-2H3,(H,15,18). The lowest BCUT2D eigenvalue weighted by atomic mass is 9.87. The van der Waals surface area contributed by atoms with Crippen LogP contribution in [0.2, 0.25) is 0 Å². The van der Waals surface area contributed by atoms with Gasteiger partial charge in [0.1, 0.15) is 5.54 Å². The van der Waals surface area contributed by atoms with E-state index in [1.807, 2.05) is 26.0 Å². The molecule has 19 heavy (non-hydrogen) atoms. The molecule has 0 spiro atoms. The highest BCUT2D eigenvalue weighted by molar-refractivity contribution is 9.11. The van der Waals surface area contributed by atoms with E-state index in [1.165, 1.54) is 0 Å². The minimum Gasteiger partial charge on any atom is -0.345 e. The molecule has 0 radical (unpaired) electrons. The maximum absolute atomic E-state index is 12.2. The van der Waals surface area contributed by atoms with Crippen LogP contribution in [0, 0.1) is 0 Å². The summed E-state index contributed by atoms with van der Waals surface area (Å²) in [5.41, 5.74) is -0.703. The second kappa shape index (κ2) is 5.63. The molecule has 0 aliphatic carbocycles. The third kappa shape index (κ3) is 2.56. The number of thiophene rings is 1. The van der Waals surface area contributed by atoms with Crippen LogP contribution in [0.4, 0.5) is 0 Å². The van der Waals surface area contributed by atoms with E-state index in [9.17, 15) is 9.59 Å². The van der Waals surface area contributed by atoms with Gasteiger partial charge in [-0.2, -0.15) is 0 Å². The summed E-state index contributed by atoms with van der Waals surface area (Å²) in [7, 11) is 0. The van der Waals surface area contributed by atoms with Gasteiger partial charge in [0, 0.05) is 4.88 Å². The third-order valence-electron chi connectivity index (χ3n) is 3.75. The van der Waals surface area contributed by atoms with E-state index < -0.39 is 5.54 Å². The van der Waals surface area contributed by atoms with E-state index in [0.29, 0.717) is 19.4 Å². The Hall–Kier alpha value is -0.880. The first-order valence-electron chi connectivity index (χ1n) is 6.36. The highest BCUT2D eigenvalue weighted by Gasteiger charge is 2.46. The van der Waals surface area contributed by atoms with Crippen molar-refractivity contribution in [1.29, 1.82) is 0 Å². The van der Waals surface area contributed by atoms with Crippen molar-refractivity contribution in [3.63, 3.8) is 0 Å². The second-order valence-electron chi connectivity index (χ2n) is 4.61. The Labute approximate surface area is 125 Å². The molecule has 1 aliphatic rings. The van der Waals surface area contributed by atoms with E-state index in [-0.39, 0.29) is 18.4 Å². The smallest absolute Gasteiger partial charge is 0.246 e. The quantitative estimate of drug-likeness (QED) is 0.912. The minimum atomic E-state index is -0.703. The van der Waals surface area contributed by atoms with Crippen molar-refractivity contribution >= 4 is 39.1 Å². The molecule has 0 atom stereocenters. The number of halogens is 1. The van der Waals surface area contributed by atoms with Crippen LogP contribution in [0.1, 0.15) is 31.6 Å². The highest BCUT2D eigenvalue weighted by atomic mass is 79.9. The van der Waals surface area contributed by atoms with E-state index in [1.54, 1.807) is 16.2 Å². The molecule has 1 fully saturated rings. The van der Waals surface area contributed by atoms with E-state index >= 15 is 0 Å². The molecule has 1 aromatic rings. The van der Waals surface area contributed by atoms with E-state index in [4.69, 9.17) is 0 Å². The van der Waals surface area contributed by atoms with Crippen LogP contribution in [0.15, 0.2) is 15.9 Å². The van der Waals surface area contributed by atoms with Gasteiger partial charge in [0.2, 0.25) is 11.8 Å². The summed E-state index contributed by atoms with van der Waals surface area (Å²) in [6.07, 6.45) is 1.27. The van der Waals surface area contributed by atoms with Crippen molar-refractivity contribution in [2.24, 2.45) is 0 Å². The summed E-state index contributed by atoms with van der Waals surface area (Å²) in [4.78, 5) is 27.2. The normalized spacial score (nSPS) is 18.6. The number of hydrogen-bond donors (Lipinski definition) is 1. The number of rotatable bonds is 4. The van der Waals surface area contributed by atoms with Gasteiger partial charge in [-0.3, -0.25) is 9.59 Å². The van der Waals surface area contributed by atoms with Gasteiger partial charge in [-0.15, -0.1) is 11.3 Å². The van der Waals surface area contributed by atoms with Gasteiger partial charge in [0.05, 0.1) is 16.9 Å². The second-order valence-corrected chi connectivity index (χ2v) is 7.15. The molecule has 1 N–H and O–H groups in total. The van der Waals surface area contributed by atoms with Crippen LogP contribution >= 0.6 is 27.3 Å². The van der Waals surface area contributed by atoms with Gasteiger partial charge in [-0.05, 0) is 40.9 Å². The Morgan fingerprint density at radius 2 is 2.05 bits per heavy atom. The van der Waals surface area contributed by atoms with Crippen LogP contribution in [0.25, 0.3) is 0 Å². The third-order valence-corrected chi connectivity index (χ3v) is 5.36. The Bertz CT molecular complexity index is 497. The average molecular weight is 345 g/mol. The van der Waals surface area contributed by atoms with Gasteiger partial charge >= 0.3 is 0 Å². The van der Waals surface area contributed by atoms with Crippen molar-refractivity contribution in [2.75, 3.05) is 6.54 Å². The molecule has 2 rings (SSSR count). The topological polar surface area (TPSA) is 49.4 Å². The monoisotopic (exact) mass is 344 g/mol. The Morgan fingerprint density at radius 3 is 2.58 bits per heavy atom. The van der Waals surface area contributed by atoms with Crippen LogP contribution in [-0.4, -0.2) is 28.8 Å². The first-order chi connectivity index (χ1) is 9.03. The molecule has 2 heterocycles. The first-order valence-corrected chi connectivity index (χ1v) is 7.97. The number of nitrogens with one attached hydrogen (secondary N) is 1. The number of carbonyl (C=O) groups is 2. The SMILES string of the molecule is CCC1(CC)C(=O)NCC(=O)N1Cc1ccc(Br)s1. The largest absolute Gasteiger partial charge is 0.345 e. The summed E-state index contributed by atoms with van der Waals surface area (Å²) >= 11 is 5.02. The van der Waals surface area contributed by atoms with Crippen molar-refractivity contribution in [1.82, 2.24) is 10.2 Å². The fourth-order valence-electron chi connectivity index (χ4n) is 2.56. The lowest BCUT2D eigenvalue weighted by molar-refractivity contribution is -0.155. The molecule has 6 heteroatoms. The Balaban J connectivity index is 2.31. The number of piperazine rings is 1. The summed E-state index contributed by atoms with van der Waals surface area (Å²) in [5, 5.41) is 2.71. The summed E-state index contributed by atoms with van der Waals surface area (Å²) in [5.74, 6) is -0.0412. The predicted octanol–water partition coefficient (Wildman–Crippen LogP) is 2.53. The van der Waals surface area contributed by atoms with Gasteiger partial charge in [-0.1, -0.05) is 13.8 Å². The Morgan fingerprint density at radius 1 is 1.37 bits per heavy atom. The van der Waals surface area contributed by atoms with Crippen LogP contribution in [0.3, 0.4) is 0 Å². The maximum Gasteiger partial charge on any atom is 0.246 e. The fraction of sp³-hybridized carbons (Fsp3) is 0.538. The predicted molar refractivity (Wildman–Crippen MR) is 78.9 cm³/mol. The van der Waals surface area contributed by atoms with Gasteiger partial charge < -0.3 is 10.2 Å². The fourth-order valence-corrected chi connectivity index (χ4v) is 4.03. The molecular formula is C13H17BrN2O2S. The van der Waals surface area contributed by atoms with Gasteiger partial charge in [0.15, 0.2) is 0 Å². The molecule has 1 aromatic heterocycles. The molecule has 0 saturated carbocycles. The maximum atomic E-state index is 12.2. The lowest BCUT2D eigenvalue weighted by Crippen LogP contribution is -2.66. The number of carbonyl (C=O) groups excluding carboxylic acids is 2. The first kappa shape index (κ1) is 14.5. The summed E-state index contributed by atoms with van der Waals surface area (Å²) < 4.78 is 1.04.